The van der Waals surface area contributed by atoms with E-state index in [1.165, 1.54) is 6.42 Å². The average Bonchev–Trinajstić information content (AvgIpc) is 2.58. The van der Waals surface area contributed by atoms with Crippen LogP contribution in [0, 0.1) is 0 Å². The van der Waals surface area contributed by atoms with E-state index in [9.17, 15) is 0 Å². The summed E-state index contributed by atoms with van der Waals surface area (Å²) in [6.07, 6.45) is 3.01. The highest BCUT2D eigenvalue weighted by Crippen LogP contribution is 2.37. The Morgan fingerprint density at radius 1 is 1.16 bits per heavy atom. The summed E-state index contributed by atoms with van der Waals surface area (Å²) >= 11 is 6.40. The second kappa shape index (κ2) is 10.2. The molecule has 1 aliphatic heterocycles. The molecule has 1 heterocycles. The highest BCUT2D eigenvalue weighted by molar-refractivity contribution is 6.33. The Bertz CT molecular complexity index is 532. The number of hydrogen-bond donors (Lipinski definition) is 1. The van der Waals surface area contributed by atoms with E-state index in [1.54, 1.807) is 14.2 Å². The van der Waals surface area contributed by atoms with Crippen LogP contribution < -0.4 is 14.8 Å². The fourth-order valence-corrected chi connectivity index (χ4v) is 3.64. The first-order chi connectivity index (χ1) is 12.0. The molecule has 0 aliphatic carbocycles. The van der Waals surface area contributed by atoms with Crippen molar-refractivity contribution >= 4 is 11.6 Å². The first kappa shape index (κ1) is 20.3. The molecule has 1 saturated heterocycles. The summed E-state index contributed by atoms with van der Waals surface area (Å²) in [5, 5.41) is 4.08. The fourth-order valence-electron chi connectivity index (χ4n) is 3.34. The van der Waals surface area contributed by atoms with Gasteiger partial charge in [0.05, 0.1) is 31.5 Å². The fraction of sp³-hybridized carbons (Fsp3) is 0.684. The lowest BCUT2D eigenvalue weighted by Gasteiger charge is -2.35. The van der Waals surface area contributed by atoms with Crippen molar-refractivity contribution in [1.82, 2.24) is 10.2 Å². The van der Waals surface area contributed by atoms with E-state index in [0.29, 0.717) is 28.7 Å². The molecule has 0 aromatic heterocycles. The highest BCUT2D eigenvalue weighted by atomic mass is 35.5. The van der Waals surface area contributed by atoms with Crippen molar-refractivity contribution in [2.24, 2.45) is 0 Å². The summed E-state index contributed by atoms with van der Waals surface area (Å²) in [5.41, 5.74) is 1.02. The van der Waals surface area contributed by atoms with Crippen LogP contribution in [-0.4, -0.2) is 57.5 Å². The van der Waals surface area contributed by atoms with Crippen molar-refractivity contribution in [3.8, 4) is 11.5 Å². The van der Waals surface area contributed by atoms with E-state index in [0.717, 1.165) is 44.7 Å². The van der Waals surface area contributed by atoms with Crippen molar-refractivity contribution < 1.29 is 14.2 Å². The van der Waals surface area contributed by atoms with E-state index in [2.05, 4.69) is 24.1 Å². The van der Waals surface area contributed by atoms with E-state index in [4.69, 9.17) is 25.8 Å². The number of methoxy groups -OCH3 is 2. The van der Waals surface area contributed by atoms with Crippen molar-refractivity contribution in [3.63, 3.8) is 0 Å². The first-order valence-corrected chi connectivity index (χ1v) is 9.40. The van der Waals surface area contributed by atoms with E-state index < -0.39 is 0 Å². The van der Waals surface area contributed by atoms with Gasteiger partial charge in [-0.25, -0.2) is 0 Å². The van der Waals surface area contributed by atoms with Gasteiger partial charge in [-0.1, -0.05) is 17.7 Å². The van der Waals surface area contributed by atoms with Crippen LogP contribution in [0.3, 0.4) is 0 Å². The van der Waals surface area contributed by atoms with Gasteiger partial charge >= 0.3 is 0 Å². The molecule has 1 aromatic carbocycles. The van der Waals surface area contributed by atoms with Gasteiger partial charge in [-0.05, 0) is 51.4 Å². The number of halogens is 1. The Morgan fingerprint density at radius 2 is 1.88 bits per heavy atom. The Morgan fingerprint density at radius 3 is 2.52 bits per heavy atom. The Kier molecular flexibility index (Phi) is 8.30. The average molecular weight is 371 g/mol. The van der Waals surface area contributed by atoms with Crippen molar-refractivity contribution in [3.05, 3.63) is 22.7 Å². The topological polar surface area (TPSA) is 43.0 Å². The molecule has 0 radical (unpaired) electrons. The summed E-state index contributed by atoms with van der Waals surface area (Å²) < 4.78 is 16.4. The molecule has 1 fully saturated rings. The lowest BCUT2D eigenvalue weighted by Crippen LogP contribution is -2.45. The monoisotopic (exact) mass is 370 g/mol. The van der Waals surface area contributed by atoms with Gasteiger partial charge in [0.25, 0.3) is 0 Å². The predicted octanol–water partition coefficient (Wildman–Crippen LogP) is 3.34. The van der Waals surface area contributed by atoms with Crippen molar-refractivity contribution in [2.75, 3.05) is 40.4 Å². The molecule has 1 aliphatic rings. The highest BCUT2D eigenvalue weighted by Gasteiger charge is 2.21. The Hall–Kier alpha value is -1.01. The van der Waals surface area contributed by atoms with Crippen LogP contribution in [0.2, 0.25) is 5.02 Å². The summed E-state index contributed by atoms with van der Waals surface area (Å²) in [4.78, 5) is 2.50. The molecule has 6 heteroatoms. The summed E-state index contributed by atoms with van der Waals surface area (Å²) in [5.74, 6) is 1.25. The molecule has 2 rings (SSSR count). The minimum absolute atomic E-state index is 0.342. The third-order valence-electron chi connectivity index (χ3n) is 4.45. The number of morpholine rings is 1. The molecule has 1 N–H and O–H groups in total. The van der Waals surface area contributed by atoms with Crippen LogP contribution in [-0.2, 0) is 11.3 Å². The van der Waals surface area contributed by atoms with Crippen LogP contribution in [0.1, 0.15) is 32.3 Å². The van der Waals surface area contributed by atoms with Crippen molar-refractivity contribution in [2.45, 2.75) is 45.4 Å². The van der Waals surface area contributed by atoms with Gasteiger partial charge in [0.2, 0.25) is 0 Å². The number of ether oxygens (including phenoxy) is 3. The molecule has 2 atom stereocenters. The maximum absolute atomic E-state index is 6.40. The first-order valence-electron chi connectivity index (χ1n) is 9.03. The van der Waals surface area contributed by atoms with Gasteiger partial charge in [0, 0.05) is 19.6 Å². The van der Waals surface area contributed by atoms with Gasteiger partial charge in [-0.2, -0.15) is 0 Å². The number of rotatable bonds is 9. The van der Waals surface area contributed by atoms with Crippen LogP contribution >= 0.6 is 11.6 Å². The van der Waals surface area contributed by atoms with E-state index in [1.807, 2.05) is 12.1 Å². The van der Waals surface area contributed by atoms with Gasteiger partial charge in [0.1, 0.15) is 0 Å². The molecule has 25 heavy (non-hydrogen) atoms. The SMILES string of the molecule is COc1ccc(CNCCCCN2CC(C)OC(C)C2)c(Cl)c1OC. The number of hydrogen-bond acceptors (Lipinski definition) is 5. The molecular formula is C19H31ClN2O3. The maximum Gasteiger partial charge on any atom is 0.179 e. The Balaban J connectivity index is 1.68. The largest absolute Gasteiger partial charge is 0.493 e. The molecular weight excluding hydrogens is 340 g/mol. The predicted molar refractivity (Wildman–Crippen MR) is 102 cm³/mol. The zero-order valence-corrected chi connectivity index (χ0v) is 16.6. The molecule has 5 nitrogen and oxygen atoms in total. The summed E-state index contributed by atoms with van der Waals surface area (Å²) in [7, 11) is 3.22. The molecule has 2 unspecified atom stereocenters. The zero-order chi connectivity index (χ0) is 18.2. The molecule has 0 bridgehead atoms. The molecule has 0 spiro atoms. The molecule has 142 valence electrons. The third kappa shape index (κ3) is 6.03. The van der Waals surface area contributed by atoms with Crippen LogP contribution in [0.15, 0.2) is 12.1 Å². The second-order valence-corrected chi connectivity index (χ2v) is 7.05. The van der Waals surface area contributed by atoms with Gasteiger partial charge in [-0.3, -0.25) is 4.90 Å². The molecule has 0 amide bonds. The van der Waals surface area contributed by atoms with Crippen LogP contribution in [0.5, 0.6) is 11.5 Å². The second-order valence-electron chi connectivity index (χ2n) is 6.67. The van der Waals surface area contributed by atoms with Gasteiger partial charge in [0.15, 0.2) is 11.5 Å². The quantitative estimate of drug-likeness (QED) is 0.675. The number of nitrogens with zero attached hydrogens (tertiary/aromatic N) is 1. The normalized spacial score (nSPS) is 21.3. The van der Waals surface area contributed by atoms with Gasteiger partial charge in [-0.15, -0.1) is 0 Å². The minimum Gasteiger partial charge on any atom is -0.493 e. The smallest absolute Gasteiger partial charge is 0.179 e. The number of benzene rings is 1. The minimum atomic E-state index is 0.342. The third-order valence-corrected chi connectivity index (χ3v) is 4.87. The lowest BCUT2D eigenvalue weighted by molar-refractivity contribution is -0.0681. The standard InChI is InChI=1S/C19H31ClN2O3/c1-14-12-22(13-15(2)25-14)10-6-5-9-21-11-16-7-8-17(23-3)19(24-4)18(16)20/h7-8,14-15,21H,5-6,9-13H2,1-4H3. The van der Waals surface area contributed by atoms with Crippen molar-refractivity contribution in [1.29, 1.82) is 0 Å². The zero-order valence-electron chi connectivity index (χ0n) is 15.8. The van der Waals surface area contributed by atoms with Crippen LogP contribution in [0.25, 0.3) is 0 Å². The van der Waals surface area contributed by atoms with Crippen LogP contribution in [0.4, 0.5) is 0 Å². The number of nitrogens with one attached hydrogen (secondary N) is 1. The lowest BCUT2D eigenvalue weighted by atomic mass is 10.2. The number of unbranched alkanes of at least 4 members (excludes halogenated alkanes) is 1. The Labute approximate surface area is 156 Å². The van der Waals surface area contributed by atoms with Gasteiger partial charge < -0.3 is 19.5 Å². The summed E-state index contributed by atoms with van der Waals surface area (Å²) in [6, 6.07) is 3.87. The summed E-state index contributed by atoms with van der Waals surface area (Å²) in [6.45, 7) is 9.22. The van der Waals surface area contributed by atoms with E-state index in [-0.39, 0.29) is 0 Å². The molecule has 1 aromatic rings. The maximum atomic E-state index is 6.40. The molecule has 0 saturated carbocycles. The van der Waals surface area contributed by atoms with E-state index >= 15 is 0 Å².